The zero-order chi connectivity index (χ0) is 17.9. The molecule has 0 spiro atoms. The van der Waals surface area contributed by atoms with E-state index in [9.17, 15) is 24.9 Å². The van der Waals surface area contributed by atoms with E-state index in [1.165, 1.54) is 6.92 Å². The van der Waals surface area contributed by atoms with Crippen LogP contribution < -0.4 is 0 Å². The largest absolute Gasteiger partial charge is 0.447 e. The van der Waals surface area contributed by atoms with Gasteiger partial charge >= 0.3 is 5.97 Å². The van der Waals surface area contributed by atoms with Gasteiger partial charge in [0.2, 0.25) is 0 Å². The van der Waals surface area contributed by atoms with Crippen LogP contribution in [0.2, 0.25) is 0 Å². The molecule has 130 valence electrons. The molecule has 1 heterocycles. The Balaban J connectivity index is 2.31. The Kier molecular flexibility index (Phi) is 3.64. The summed E-state index contributed by atoms with van der Waals surface area (Å²) in [5.74, 6) is -5.90. The molecule has 24 heavy (non-hydrogen) atoms. The number of carbonyl (C=O) groups excluding carboxylic acids is 2. The normalized spacial score (nSPS) is 34.0. The quantitative estimate of drug-likeness (QED) is 0.565. The van der Waals surface area contributed by atoms with Crippen molar-refractivity contribution in [3.63, 3.8) is 0 Å². The Hall–Kier alpha value is -1.76. The fraction of sp³-hybridized carbons (Fsp3) is 0.556. The average Bonchev–Trinajstić information content (AvgIpc) is 2.70. The summed E-state index contributed by atoms with van der Waals surface area (Å²) in [4.78, 5) is 24.9. The number of carbonyl (C=O) groups is 2. The van der Waals surface area contributed by atoms with Gasteiger partial charge in [0.15, 0.2) is 17.0 Å². The summed E-state index contributed by atoms with van der Waals surface area (Å²) in [5.41, 5.74) is -3.45. The monoisotopic (exact) mass is 334 g/mol. The van der Waals surface area contributed by atoms with E-state index in [0.717, 1.165) is 0 Å². The highest BCUT2D eigenvalue weighted by Gasteiger charge is 2.79. The van der Waals surface area contributed by atoms with Crippen molar-refractivity contribution in [2.45, 2.75) is 50.6 Å². The molecule has 2 aliphatic rings. The smallest absolute Gasteiger partial charge is 0.370 e. The molecule has 1 aliphatic heterocycles. The Morgan fingerprint density at radius 1 is 1.17 bits per heavy atom. The van der Waals surface area contributed by atoms with E-state index in [-0.39, 0.29) is 12.3 Å². The van der Waals surface area contributed by atoms with Crippen LogP contribution in [0.5, 0.6) is 0 Å². The molecule has 0 amide bonds. The summed E-state index contributed by atoms with van der Waals surface area (Å²) in [6.07, 6.45) is 0.755. The van der Waals surface area contributed by atoms with E-state index in [0.29, 0.717) is 17.5 Å². The van der Waals surface area contributed by atoms with Crippen molar-refractivity contribution in [1.82, 2.24) is 0 Å². The van der Waals surface area contributed by atoms with Gasteiger partial charge in [-0.3, -0.25) is 4.79 Å². The van der Waals surface area contributed by atoms with Crippen molar-refractivity contribution in [3.8, 4) is 0 Å². The number of rotatable bonds is 3. The van der Waals surface area contributed by atoms with Crippen LogP contribution in [0.4, 0.5) is 0 Å². The first-order chi connectivity index (χ1) is 11.1. The molecule has 0 saturated carbocycles. The third kappa shape index (κ3) is 1.82. The number of hydrogen-bond acceptors (Lipinski definition) is 6. The van der Waals surface area contributed by atoms with Crippen LogP contribution in [0, 0.1) is 11.8 Å². The van der Waals surface area contributed by atoms with Crippen LogP contribution in [-0.2, 0) is 15.1 Å². The van der Waals surface area contributed by atoms with Gasteiger partial charge in [-0.05, 0) is 18.8 Å². The van der Waals surface area contributed by atoms with Crippen LogP contribution in [-0.4, -0.2) is 38.5 Å². The second-order valence-electron chi connectivity index (χ2n) is 7.22. The summed E-state index contributed by atoms with van der Waals surface area (Å²) in [6.45, 7) is 5.34. The minimum Gasteiger partial charge on any atom is -0.447 e. The van der Waals surface area contributed by atoms with Crippen molar-refractivity contribution in [2.24, 2.45) is 11.8 Å². The maximum atomic E-state index is 12.7. The van der Waals surface area contributed by atoms with Gasteiger partial charge < -0.3 is 20.1 Å². The van der Waals surface area contributed by atoms with Gasteiger partial charge in [-0.1, -0.05) is 45.0 Å². The standard InChI is InChI=1S/C18H22O6/c1-10(2)8-9-16-13-7-5-4-6-12(13)14(19)11(3)17(16,21)18(22,23)15(20)24-16/h4-7,10-11,21-23H,8-9H2,1-3H3/t11-,16+,17+/m0/s1. The molecule has 0 bridgehead atoms. The predicted molar refractivity (Wildman–Crippen MR) is 83.9 cm³/mol. The van der Waals surface area contributed by atoms with Crippen molar-refractivity contribution in [1.29, 1.82) is 0 Å². The van der Waals surface area contributed by atoms with Gasteiger partial charge in [0.05, 0.1) is 5.92 Å². The zero-order valence-electron chi connectivity index (χ0n) is 13.9. The zero-order valence-corrected chi connectivity index (χ0v) is 13.9. The lowest BCUT2D eigenvalue weighted by molar-refractivity contribution is -0.277. The first kappa shape index (κ1) is 17.1. The fourth-order valence-corrected chi connectivity index (χ4v) is 4.00. The molecule has 1 saturated heterocycles. The molecule has 1 aliphatic carbocycles. The Morgan fingerprint density at radius 3 is 2.42 bits per heavy atom. The molecule has 3 N–H and O–H groups in total. The molecule has 0 unspecified atom stereocenters. The number of aliphatic hydroxyl groups is 3. The summed E-state index contributed by atoms with van der Waals surface area (Å²) in [5, 5.41) is 32.0. The summed E-state index contributed by atoms with van der Waals surface area (Å²) in [6, 6.07) is 6.56. The van der Waals surface area contributed by atoms with Gasteiger partial charge in [0, 0.05) is 11.1 Å². The van der Waals surface area contributed by atoms with E-state index in [2.05, 4.69) is 0 Å². The van der Waals surface area contributed by atoms with E-state index in [4.69, 9.17) is 4.74 Å². The Bertz CT molecular complexity index is 709. The lowest BCUT2D eigenvalue weighted by Gasteiger charge is -2.49. The fourth-order valence-electron chi connectivity index (χ4n) is 4.00. The minimum atomic E-state index is -3.15. The van der Waals surface area contributed by atoms with Crippen molar-refractivity contribution < 1.29 is 29.6 Å². The summed E-state index contributed by atoms with van der Waals surface area (Å²) in [7, 11) is 0. The SMILES string of the molecule is CC(C)CC[C@]12OC(=O)C(O)(O)[C@@]1(O)[C@@H](C)C(=O)c1ccccc12. The Morgan fingerprint density at radius 2 is 1.79 bits per heavy atom. The maximum absolute atomic E-state index is 12.7. The van der Waals surface area contributed by atoms with E-state index < -0.39 is 34.7 Å². The lowest BCUT2D eigenvalue weighted by atomic mass is 9.59. The topological polar surface area (TPSA) is 104 Å². The number of esters is 1. The number of ketones is 1. The molecule has 3 atom stereocenters. The highest BCUT2D eigenvalue weighted by atomic mass is 16.7. The third-order valence-corrected chi connectivity index (χ3v) is 5.42. The van der Waals surface area contributed by atoms with Crippen LogP contribution in [0.1, 0.15) is 49.5 Å². The predicted octanol–water partition coefficient (Wildman–Crippen LogP) is 1.12. The number of ether oxygens (including phenoxy) is 1. The van der Waals surface area contributed by atoms with Crippen molar-refractivity contribution in [2.75, 3.05) is 0 Å². The molecular weight excluding hydrogens is 312 g/mol. The van der Waals surface area contributed by atoms with Crippen LogP contribution in [0.3, 0.4) is 0 Å². The second kappa shape index (κ2) is 5.12. The summed E-state index contributed by atoms with van der Waals surface area (Å²) < 4.78 is 5.43. The van der Waals surface area contributed by atoms with Crippen LogP contribution in [0.25, 0.3) is 0 Å². The van der Waals surface area contributed by atoms with Gasteiger partial charge in [-0.15, -0.1) is 0 Å². The number of fused-ring (bicyclic) bond motifs is 3. The molecule has 3 rings (SSSR count). The van der Waals surface area contributed by atoms with E-state index in [1.54, 1.807) is 24.3 Å². The average molecular weight is 334 g/mol. The van der Waals surface area contributed by atoms with Crippen molar-refractivity contribution in [3.05, 3.63) is 35.4 Å². The number of hydrogen-bond donors (Lipinski definition) is 3. The van der Waals surface area contributed by atoms with Crippen LogP contribution >= 0.6 is 0 Å². The van der Waals surface area contributed by atoms with Crippen molar-refractivity contribution >= 4 is 11.8 Å². The maximum Gasteiger partial charge on any atom is 0.370 e. The molecular formula is C18H22O6. The van der Waals surface area contributed by atoms with Gasteiger partial charge in [-0.2, -0.15) is 0 Å². The third-order valence-electron chi connectivity index (χ3n) is 5.42. The van der Waals surface area contributed by atoms with Crippen LogP contribution in [0.15, 0.2) is 24.3 Å². The van der Waals surface area contributed by atoms with E-state index >= 15 is 0 Å². The molecule has 6 nitrogen and oxygen atoms in total. The number of Topliss-reactive ketones (excluding diaryl/α,β-unsaturated/α-hetero) is 1. The molecule has 1 aromatic carbocycles. The molecule has 1 fully saturated rings. The van der Waals surface area contributed by atoms with Gasteiger partial charge in [-0.25, -0.2) is 4.79 Å². The first-order valence-electron chi connectivity index (χ1n) is 8.14. The van der Waals surface area contributed by atoms with Gasteiger partial charge in [0.25, 0.3) is 5.79 Å². The molecule has 0 aromatic heterocycles. The Labute approximate surface area is 140 Å². The molecule has 1 aromatic rings. The summed E-state index contributed by atoms with van der Waals surface area (Å²) >= 11 is 0. The highest BCUT2D eigenvalue weighted by molar-refractivity contribution is 6.04. The van der Waals surface area contributed by atoms with Gasteiger partial charge in [0.1, 0.15) is 0 Å². The molecule has 0 radical (unpaired) electrons. The lowest BCUT2D eigenvalue weighted by Crippen LogP contribution is -2.69. The minimum absolute atomic E-state index is 0.185. The molecule has 6 heteroatoms. The van der Waals surface area contributed by atoms with E-state index in [1.807, 2.05) is 13.8 Å². The first-order valence-corrected chi connectivity index (χ1v) is 8.14. The number of benzene rings is 1. The highest BCUT2D eigenvalue weighted by Crippen LogP contribution is 2.59. The second-order valence-corrected chi connectivity index (χ2v) is 7.22.